The van der Waals surface area contributed by atoms with Crippen molar-refractivity contribution >= 4 is 32.8 Å². The van der Waals surface area contributed by atoms with Crippen LogP contribution in [0.15, 0.2) is 59.6 Å². The lowest BCUT2D eigenvalue weighted by Gasteiger charge is -2.23. The molecule has 0 radical (unpaired) electrons. The number of benzene rings is 2. The largest absolute Gasteiger partial charge is 0.481 e. The highest BCUT2D eigenvalue weighted by Crippen LogP contribution is 2.33. The van der Waals surface area contributed by atoms with Gasteiger partial charge in [-0.2, -0.15) is 4.31 Å². The van der Waals surface area contributed by atoms with Gasteiger partial charge in [0, 0.05) is 45.3 Å². The second-order valence-corrected chi connectivity index (χ2v) is 11.4. The maximum atomic E-state index is 13.7. The SMILES string of the molecule is CCN1CCN(Cc2cc(C(CC(=O)O)c3ccc4c(c3)nnn4C)ccc2C)S(=O)(=O)c2cccnc21. The van der Waals surface area contributed by atoms with Gasteiger partial charge in [-0.3, -0.25) is 4.79 Å². The minimum atomic E-state index is -3.79. The van der Waals surface area contributed by atoms with E-state index in [9.17, 15) is 18.3 Å². The molecule has 5 rings (SSSR count). The van der Waals surface area contributed by atoms with Crippen molar-refractivity contribution in [3.8, 4) is 0 Å². The Balaban J connectivity index is 1.52. The summed E-state index contributed by atoms with van der Waals surface area (Å²) in [6.07, 6.45) is 1.50. The van der Waals surface area contributed by atoms with Crippen molar-refractivity contribution in [1.29, 1.82) is 0 Å². The standard InChI is InChI=1S/C27H30N6O4S/c1-4-32-12-13-33(38(36,37)25-6-5-11-28-27(25)32)17-21-14-19(8-7-18(21)2)22(16-26(34)35)20-9-10-24-23(15-20)29-30-31(24)3/h5-11,14-15,22H,4,12-13,16-17H2,1-3H3,(H,34,35). The summed E-state index contributed by atoms with van der Waals surface area (Å²) < 4.78 is 30.5. The summed E-state index contributed by atoms with van der Waals surface area (Å²) >= 11 is 0. The van der Waals surface area contributed by atoms with Crippen LogP contribution in [0.2, 0.25) is 0 Å². The summed E-state index contributed by atoms with van der Waals surface area (Å²) in [5.41, 5.74) is 4.94. The van der Waals surface area contributed by atoms with E-state index >= 15 is 0 Å². The number of pyridine rings is 1. The van der Waals surface area contributed by atoms with Crippen molar-refractivity contribution in [1.82, 2.24) is 24.3 Å². The highest BCUT2D eigenvalue weighted by atomic mass is 32.2. The summed E-state index contributed by atoms with van der Waals surface area (Å²) in [5.74, 6) is -0.876. The smallest absolute Gasteiger partial charge is 0.304 e. The third-order valence-corrected chi connectivity index (χ3v) is 9.07. The quantitative estimate of drug-likeness (QED) is 0.383. The molecule has 2 aromatic carbocycles. The van der Waals surface area contributed by atoms with Crippen LogP contribution >= 0.6 is 0 Å². The fourth-order valence-corrected chi connectivity index (χ4v) is 6.61. The summed E-state index contributed by atoms with van der Waals surface area (Å²) in [5, 5.41) is 18.0. The predicted octanol–water partition coefficient (Wildman–Crippen LogP) is 3.31. The van der Waals surface area contributed by atoms with Gasteiger partial charge in [-0.25, -0.2) is 18.1 Å². The van der Waals surface area contributed by atoms with Gasteiger partial charge in [0.2, 0.25) is 10.0 Å². The van der Waals surface area contributed by atoms with Gasteiger partial charge in [0.05, 0.1) is 11.9 Å². The van der Waals surface area contributed by atoms with Crippen molar-refractivity contribution in [2.24, 2.45) is 7.05 Å². The first-order valence-corrected chi connectivity index (χ1v) is 13.9. The highest BCUT2D eigenvalue weighted by molar-refractivity contribution is 7.89. The zero-order chi connectivity index (χ0) is 27.0. The number of fused-ring (bicyclic) bond motifs is 2. The molecule has 0 fully saturated rings. The van der Waals surface area contributed by atoms with Crippen LogP contribution in [-0.4, -0.2) is 63.4 Å². The molecule has 0 bridgehead atoms. The monoisotopic (exact) mass is 534 g/mol. The molecule has 1 aliphatic rings. The molecule has 0 amide bonds. The van der Waals surface area contributed by atoms with E-state index in [1.165, 1.54) is 4.31 Å². The summed E-state index contributed by atoms with van der Waals surface area (Å²) in [4.78, 5) is 18.4. The molecule has 10 nitrogen and oxygen atoms in total. The van der Waals surface area contributed by atoms with Crippen LogP contribution in [0.3, 0.4) is 0 Å². The first-order valence-electron chi connectivity index (χ1n) is 12.5. The van der Waals surface area contributed by atoms with Gasteiger partial charge in [0.1, 0.15) is 16.2 Å². The van der Waals surface area contributed by atoms with E-state index in [-0.39, 0.29) is 17.9 Å². The number of carboxylic acid groups (broad SMARTS) is 1. The van der Waals surface area contributed by atoms with Crippen LogP contribution in [0, 0.1) is 6.92 Å². The average molecular weight is 535 g/mol. The Morgan fingerprint density at radius 1 is 1.11 bits per heavy atom. The minimum Gasteiger partial charge on any atom is -0.481 e. The summed E-state index contributed by atoms with van der Waals surface area (Å²) in [6, 6.07) is 14.7. The predicted molar refractivity (Wildman–Crippen MR) is 144 cm³/mol. The normalized spacial score (nSPS) is 16.2. The number of carboxylic acids is 1. The fraction of sp³-hybridized carbons (Fsp3) is 0.333. The number of sulfonamides is 1. The van der Waals surface area contributed by atoms with Gasteiger partial charge in [0.15, 0.2) is 0 Å². The van der Waals surface area contributed by atoms with Crippen LogP contribution in [0.1, 0.15) is 41.5 Å². The molecule has 38 heavy (non-hydrogen) atoms. The molecule has 1 aliphatic heterocycles. The molecule has 2 aromatic heterocycles. The Bertz CT molecular complexity index is 1620. The van der Waals surface area contributed by atoms with Crippen LogP contribution in [0.4, 0.5) is 5.82 Å². The summed E-state index contributed by atoms with van der Waals surface area (Å²) in [6.45, 7) is 5.59. The van der Waals surface area contributed by atoms with Gasteiger partial charge in [-0.05, 0) is 60.4 Å². The number of anilines is 1. The van der Waals surface area contributed by atoms with Crippen LogP contribution < -0.4 is 4.90 Å². The molecular formula is C27H30N6O4S. The van der Waals surface area contributed by atoms with Crippen molar-refractivity contribution in [3.63, 3.8) is 0 Å². The molecule has 4 aromatic rings. The number of hydrogen-bond donors (Lipinski definition) is 1. The number of aryl methyl sites for hydroxylation is 2. The van der Waals surface area contributed by atoms with Gasteiger partial charge in [0.25, 0.3) is 0 Å². The second kappa shape index (κ2) is 10.1. The van der Waals surface area contributed by atoms with Crippen molar-refractivity contribution in [3.05, 3.63) is 77.0 Å². The number of likely N-dealkylation sites (N-methyl/N-ethyl adjacent to an activating group) is 1. The lowest BCUT2D eigenvalue weighted by atomic mass is 9.86. The van der Waals surface area contributed by atoms with Crippen molar-refractivity contribution in [2.45, 2.75) is 37.6 Å². The third-order valence-electron chi connectivity index (χ3n) is 7.21. The van der Waals surface area contributed by atoms with Crippen LogP contribution in [0.25, 0.3) is 11.0 Å². The first-order chi connectivity index (χ1) is 18.2. The molecule has 0 aliphatic carbocycles. The lowest BCUT2D eigenvalue weighted by molar-refractivity contribution is -0.137. The third kappa shape index (κ3) is 4.74. The molecule has 0 spiro atoms. The minimum absolute atomic E-state index is 0.110. The number of aliphatic carboxylic acids is 1. The number of aromatic nitrogens is 4. The second-order valence-electron chi connectivity index (χ2n) is 9.54. The lowest BCUT2D eigenvalue weighted by Crippen LogP contribution is -2.34. The maximum Gasteiger partial charge on any atom is 0.304 e. The molecule has 1 unspecified atom stereocenters. The molecule has 1 atom stereocenters. The van der Waals surface area contributed by atoms with E-state index in [2.05, 4.69) is 15.3 Å². The molecule has 0 saturated heterocycles. The number of rotatable bonds is 7. The van der Waals surface area contributed by atoms with E-state index < -0.39 is 21.9 Å². The van der Waals surface area contributed by atoms with Crippen molar-refractivity contribution in [2.75, 3.05) is 24.5 Å². The molecule has 0 saturated carbocycles. The number of hydrogen-bond acceptors (Lipinski definition) is 7. The Kier molecular flexibility index (Phi) is 6.89. The van der Waals surface area contributed by atoms with Gasteiger partial charge in [-0.15, -0.1) is 5.10 Å². The van der Waals surface area contributed by atoms with Crippen molar-refractivity contribution < 1.29 is 18.3 Å². The molecule has 11 heteroatoms. The molecule has 198 valence electrons. The molecule has 1 N–H and O–H groups in total. The van der Waals surface area contributed by atoms with Gasteiger partial charge in [-0.1, -0.05) is 29.5 Å². The van der Waals surface area contributed by atoms with Crippen LogP contribution in [0.5, 0.6) is 0 Å². The van der Waals surface area contributed by atoms with E-state index in [0.29, 0.717) is 31.0 Å². The zero-order valence-corrected chi connectivity index (χ0v) is 22.4. The van der Waals surface area contributed by atoms with E-state index in [1.54, 1.807) is 30.1 Å². The van der Waals surface area contributed by atoms with Gasteiger partial charge >= 0.3 is 5.97 Å². The average Bonchev–Trinajstić information content (AvgIpc) is 3.23. The zero-order valence-electron chi connectivity index (χ0n) is 21.6. The maximum absolute atomic E-state index is 13.7. The Morgan fingerprint density at radius 2 is 1.87 bits per heavy atom. The Morgan fingerprint density at radius 3 is 2.63 bits per heavy atom. The summed E-state index contributed by atoms with van der Waals surface area (Å²) in [7, 11) is -1.98. The van der Waals surface area contributed by atoms with Gasteiger partial charge < -0.3 is 10.0 Å². The first kappa shape index (κ1) is 25.8. The van der Waals surface area contributed by atoms with Crippen LogP contribution in [-0.2, 0) is 28.4 Å². The highest BCUT2D eigenvalue weighted by Gasteiger charge is 2.33. The van der Waals surface area contributed by atoms with E-state index in [4.69, 9.17) is 0 Å². The number of carbonyl (C=O) groups is 1. The Hall–Kier alpha value is -3.83. The van der Waals surface area contributed by atoms with E-state index in [1.807, 2.05) is 55.1 Å². The Labute approximate surface area is 221 Å². The molecular weight excluding hydrogens is 504 g/mol. The topological polar surface area (TPSA) is 122 Å². The number of nitrogens with zero attached hydrogens (tertiary/aromatic N) is 6. The molecule has 3 heterocycles. The fourth-order valence-electron chi connectivity index (χ4n) is 5.04. The van der Waals surface area contributed by atoms with E-state index in [0.717, 1.165) is 27.8 Å².